The fraction of sp³-hybridized carbons (Fsp3) is 0.167. The molecule has 0 saturated carbocycles. The zero-order valence-corrected chi connectivity index (χ0v) is 16.5. The number of hydrogen-bond acceptors (Lipinski definition) is 4. The lowest BCUT2D eigenvalue weighted by atomic mass is 9.92. The van der Waals surface area contributed by atoms with Crippen LogP contribution in [-0.4, -0.2) is 28.6 Å². The molecule has 4 amide bonds. The lowest BCUT2D eigenvalue weighted by molar-refractivity contribution is -0.138. The van der Waals surface area contributed by atoms with Crippen molar-refractivity contribution >= 4 is 52.8 Å². The van der Waals surface area contributed by atoms with Crippen molar-refractivity contribution in [2.45, 2.75) is 17.4 Å². The Morgan fingerprint density at radius 2 is 1.89 bits per heavy atom. The molecule has 1 fully saturated rings. The van der Waals surface area contributed by atoms with Crippen molar-refractivity contribution in [1.29, 1.82) is 0 Å². The maximum absolute atomic E-state index is 12.7. The van der Waals surface area contributed by atoms with Crippen LogP contribution >= 0.6 is 35.0 Å². The second-order valence-corrected chi connectivity index (χ2v) is 7.82. The highest BCUT2D eigenvalue weighted by molar-refractivity contribution is 8.00. The smallest absolute Gasteiger partial charge is 0.318 e. The maximum Gasteiger partial charge on any atom is 0.344 e. The van der Waals surface area contributed by atoms with Gasteiger partial charge >= 0.3 is 6.03 Å². The van der Waals surface area contributed by atoms with Gasteiger partial charge in [0.2, 0.25) is 5.91 Å². The summed E-state index contributed by atoms with van der Waals surface area (Å²) in [6.45, 7) is 1.59. The molecular weight excluding hydrogens is 409 g/mol. The van der Waals surface area contributed by atoms with Crippen molar-refractivity contribution in [3.05, 3.63) is 64.1 Å². The van der Waals surface area contributed by atoms with E-state index >= 15 is 0 Å². The molecule has 9 heteroatoms. The number of hydrazine groups is 1. The monoisotopic (exact) mass is 423 g/mol. The Kier molecular flexibility index (Phi) is 5.64. The summed E-state index contributed by atoms with van der Waals surface area (Å²) in [5, 5.41) is 4.28. The molecule has 0 aromatic heterocycles. The normalized spacial score (nSPS) is 19.1. The van der Waals surface area contributed by atoms with Crippen LogP contribution in [0.3, 0.4) is 0 Å². The van der Waals surface area contributed by atoms with Gasteiger partial charge in [0.1, 0.15) is 5.54 Å². The van der Waals surface area contributed by atoms with Crippen LogP contribution in [0.4, 0.5) is 4.79 Å². The van der Waals surface area contributed by atoms with E-state index in [1.54, 1.807) is 49.4 Å². The van der Waals surface area contributed by atoms with Crippen molar-refractivity contribution in [3.8, 4) is 0 Å². The van der Waals surface area contributed by atoms with E-state index < -0.39 is 23.4 Å². The maximum atomic E-state index is 12.7. The summed E-state index contributed by atoms with van der Waals surface area (Å²) < 4.78 is 0. The Morgan fingerprint density at radius 1 is 1.19 bits per heavy atom. The van der Waals surface area contributed by atoms with E-state index in [2.05, 4.69) is 10.7 Å². The third-order valence-corrected chi connectivity index (χ3v) is 5.76. The highest BCUT2D eigenvalue weighted by atomic mass is 35.5. The van der Waals surface area contributed by atoms with Gasteiger partial charge in [-0.25, -0.2) is 4.79 Å². The molecule has 0 bridgehead atoms. The van der Waals surface area contributed by atoms with Crippen LogP contribution in [0.1, 0.15) is 12.5 Å². The molecule has 1 aliphatic rings. The Balaban J connectivity index is 1.67. The summed E-state index contributed by atoms with van der Waals surface area (Å²) >= 11 is 13.1. The van der Waals surface area contributed by atoms with Gasteiger partial charge in [-0.15, -0.1) is 11.8 Å². The molecule has 1 aliphatic heterocycles. The Hall–Kier alpha value is -2.22. The van der Waals surface area contributed by atoms with Crippen LogP contribution in [0.2, 0.25) is 10.0 Å². The number of nitrogens with zero attached hydrogens (tertiary/aromatic N) is 1. The number of halogens is 2. The van der Waals surface area contributed by atoms with E-state index in [1.165, 1.54) is 0 Å². The third kappa shape index (κ3) is 4.05. The van der Waals surface area contributed by atoms with Crippen LogP contribution in [0.25, 0.3) is 0 Å². The van der Waals surface area contributed by atoms with Crippen molar-refractivity contribution in [2.24, 2.45) is 0 Å². The second-order valence-electron chi connectivity index (χ2n) is 5.96. The summed E-state index contributed by atoms with van der Waals surface area (Å²) in [5.74, 6) is -1.12. The number of thioether (sulfide) groups is 1. The Morgan fingerprint density at radius 3 is 2.59 bits per heavy atom. The molecule has 1 heterocycles. The van der Waals surface area contributed by atoms with Gasteiger partial charge in [0, 0.05) is 9.92 Å². The minimum atomic E-state index is -1.24. The molecule has 2 aromatic carbocycles. The van der Waals surface area contributed by atoms with Crippen LogP contribution in [-0.2, 0) is 15.1 Å². The molecule has 140 valence electrons. The average molecular weight is 424 g/mol. The molecule has 2 aromatic rings. The van der Waals surface area contributed by atoms with Gasteiger partial charge < -0.3 is 5.32 Å². The number of urea groups is 1. The van der Waals surface area contributed by atoms with Crippen LogP contribution < -0.4 is 10.7 Å². The van der Waals surface area contributed by atoms with Gasteiger partial charge in [-0.3, -0.25) is 15.0 Å². The third-order valence-electron chi connectivity index (χ3n) is 4.03. The molecule has 0 spiro atoms. The average Bonchev–Trinajstić information content (AvgIpc) is 2.87. The van der Waals surface area contributed by atoms with Crippen molar-refractivity contribution in [3.63, 3.8) is 0 Å². The highest BCUT2D eigenvalue weighted by Crippen LogP contribution is 2.30. The van der Waals surface area contributed by atoms with E-state index in [0.717, 1.165) is 11.8 Å². The molecular formula is C18H15Cl2N3O3S. The zero-order chi connectivity index (χ0) is 19.6. The van der Waals surface area contributed by atoms with Crippen LogP contribution in [0, 0.1) is 0 Å². The topological polar surface area (TPSA) is 78.5 Å². The number of rotatable bonds is 5. The molecule has 6 nitrogen and oxygen atoms in total. The summed E-state index contributed by atoms with van der Waals surface area (Å²) in [4.78, 5) is 37.8. The number of carbonyl (C=O) groups excluding carboxylic acids is 3. The number of nitrogens with one attached hydrogen (secondary N) is 2. The predicted octanol–water partition coefficient (Wildman–Crippen LogP) is 3.58. The van der Waals surface area contributed by atoms with Crippen LogP contribution in [0.15, 0.2) is 53.4 Å². The molecule has 27 heavy (non-hydrogen) atoms. The Labute approximate surface area is 170 Å². The first kappa shape index (κ1) is 19.5. The molecule has 1 saturated heterocycles. The van der Waals surface area contributed by atoms with E-state index in [4.69, 9.17) is 23.2 Å². The summed E-state index contributed by atoms with van der Waals surface area (Å²) in [7, 11) is 0. The second kappa shape index (κ2) is 7.80. The fourth-order valence-electron chi connectivity index (χ4n) is 2.60. The molecule has 0 unspecified atom stereocenters. The minimum Gasteiger partial charge on any atom is -0.318 e. The zero-order valence-electron chi connectivity index (χ0n) is 14.2. The van der Waals surface area contributed by atoms with Crippen molar-refractivity contribution in [2.75, 3.05) is 5.75 Å². The largest absolute Gasteiger partial charge is 0.344 e. The van der Waals surface area contributed by atoms with Gasteiger partial charge in [0.15, 0.2) is 0 Å². The molecule has 3 rings (SSSR count). The summed E-state index contributed by atoms with van der Waals surface area (Å²) in [5.41, 5.74) is 1.73. The van der Waals surface area contributed by atoms with E-state index in [0.29, 0.717) is 25.5 Å². The quantitative estimate of drug-likeness (QED) is 0.568. The van der Waals surface area contributed by atoms with E-state index in [9.17, 15) is 14.4 Å². The standard InChI is InChI=1S/C18H15Cl2N3O3S/c1-18(11-5-3-2-4-6-11)16(25)23(17(26)21-18)22-15(24)10-27-14-9-12(19)7-8-13(14)20/h2-9H,10H2,1H3,(H,21,26)(H,22,24)/t18-/m0/s1. The summed E-state index contributed by atoms with van der Waals surface area (Å²) in [6, 6.07) is 13.1. The van der Waals surface area contributed by atoms with E-state index in [-0.39, 0.29) is 5.75 Å². The first-order chi connectivity index (χ1) is 12.8. The lowest BCUT2D eigenvalue weighted by Gasteiger charge is -2.22. The molecule has 2 N–H and O–H groups in total. The number of carbonyl (C=O) groups is 3. The number of hydrogen-bond donors (Lipinski definition) is 2. The van der Waals surface area contributed by atoms with Gasteiger partial charge in [-0.1, -0.05) is 53.5 Å². The SMILES string of the molecule is C[C@@]1(c2ccccc2)NC(=O)N(NC(=O)CSc2cc(Cl)ccc2Cl)C1=O. The molecule has 0 radical (unpaired) electrons. The van der Waals surface area contributed by atoms with E-state index in [1.807, 2.05) is 6.07 Å². The van der Waals surface area contributed by atoms with Crippen LogP contribution in [0.5, 0.6) is 0 Å². The van der Waals surface area contributed by atoms with Gasteiger partial charge in [-0.05, 0) is 30.7 Å². The predicted molar refractivity (Wildman–Crippen MR) is 105 cm³/mol. The first-order valence-electron chi connectivity index (χ1n) is 7.91. The van der Waals surface area contributed by atoms with Crippen molar-refractivity contribution in [1.82, 2.24) is 15.8 Å². The van der Waals surface area contributed by atoms with Crippen molar-refractivity contribution < 1.29 is 14.4 Å². The van der Waals surface area contributed by atoms with Gasteiger partial charge in [0.05, 0.1) is 10.8 Å². The van der Waals surface area contributed by atoms with Gasteiger partial charge in [-0.2, -0.15) is 5.01 Å². The lowest BCUT2D eigenvalue weighted by Crippen LogP contribution is -2.48. The minimum absolute atomic E-state index is 0.0425. The number of amides is 4. The van der Waals surface area contributed by atoms with Gasteiger partial charge in [0.25, 0.3) is 5.91 Å². The molecule has 1 atom stereocenters. The summed E-state index contributed by atoms with van der Waals surface area (Å²) in [6.07, 6.45) is 0. The molecule has 0 aliphatic carbocycles. The fourth-order valence-corrected chi connectivity index (χ4v) is 3.88. The first-order valence-corrected chi connectivity index (χ1v) is 9.65. The Bertz CT molecular complexity index is 910. The highest BCUT2D eigenvalue weighted by Gasteiger charge is 2.49. The number of benzene rings is 2. The number of imide groups is 1.